The second kappa shape index (κ2) is 8.81. The fourth-order valence-electron chi connectivity index (χ4n) is 2.31. The molecule has 2 aromatic rings. The number of amides is 1. The summed E-state index contributed by atoms with van der Waals surface area (Å²) in [5, 5.41) is 9.79. The van der Waals surface area contributed by atoms with E-state index in [0.29, 0.717) is 12.2 Å². The van der Waals surface area contributed by atoms with Crippen LogP contribution in [0, 0.1) is 0 Å². The second-order valence-corrected chi connectivity index (χ2v) is 5.07. The number of nitrogens with zero attached hydrogens (tertiary/aromatic N) is 3. The Morgan fingerprint density at radius 3 is 2.78 bits per heavy atom. The van der Waals surface area contributed by atoms with Crippen molar-refractivity contribution in [3.63, 3.8) is 0 Å². The zero-order valence-corrected chi connectivity index (χ0v) is 13.8. The molecule has 0 unspecified atom stereocenters. The zero-order chi connectivity index (χ0) is 14.7. The number of alkyl halides is 1. The molecule has 3 heterocycles. The number of pyridine rings is 1. The Labute approximate surface area is 145 Å². The molecule has 0 spiro atoms. The second-order valence-electron chi connectivity index (χ2n) is 5.07. The molecule has 1 saturated heterocycles. The van der Waals surface area contributed by atoms with Gasteiger partial charge in [-0.15, -0.1) is 24.8 Å². The monoisotopic (exact) mass is 361 g/mol. The molecular weight excluding hydrogens is 344 g/mol. The van der Waals surface area contributed by atoms with E-state index in [1.54, 1.807) is 29.5 Å². The van der Waals surface area contributed by atoms with Crippen molar-refractivity contribution >= 4 is 36.4 Å². The van der Waals surface area contributed by atoms with Crippen LogP contribution in [0.3, 0.4) is 0 Å². The van der Waals surface area contributed by atoms with Gasteiger partial charge in [0.05, 0.1) is 24.5 Å². The highest BCUT2D eigenvalue weighted by Crippen LogP contribution is 2.13. The van der Waals surface area contributed by atoms with Crippen molar-refractivity contribution in [2.75, 3.05) is 11.9 Å². The lowest BCUT2D eigenvalue weighted by molar-refractivity contribution is -0.117. The highest BCUT2D eigenvalue weighted by Gasteiger charge is 2.29. The van der Waals surface area contributed by atoms with Crippen molar-refractivity contribution in [2.24, 2.45) is 0 Å². The normalized spacial score (nSPS) is 19.5. The Bertz CT molecular complexity index is 625. The van der Waals surface area contributed by atoms with Crippen LogP contribution in [0.2, 0.25) is 0 Å². The van der Waals surface area contributed by atoms with Gasteiger partial charge in [0.2, 0.25) is 5.91 Å². The van der Waals surface area contributed by atoms with Crippen molar-refractivity contribution in [1.82, 2.24) is 20.1 Å². The quantitative estimate of drug-likeness (QED) is 0.870. The van der Waals surface area contributed by atoms with E-state index in [9.17, 15) is 9.18 Å². The number of hydrogen-bond acceptors (Lipinski definition) is 4. The van der Waals surface area contributed by atoms with Gasteiger partial charge in [-0.1, -0.05) is 0 Å². The number of anilines is 1. The van der Waals surface area contributed by atoms with Crippen molar-refractivity contribution in [3.05, 3.63) is 42.5 Å². The number of rotatable bonds is 4. The van der Waals surface area contributed by atoms with E-state index in [1.165, 1.54) is 0 Å². The number of carbonyl (C=O) groups is 1. The molecule has 0 radical (unpaired) electrons. The van der Waals surface area contributed by atoms with Crippen LogP contribution in [0.1, 0.15) is 12.0 Å². The topological polar surface area (TPSA) is 71.8 Å². The lowest BCUT2D eigenvalue weighted by Crippen LogP contribution is -2.35. The predicted octanol–water partition coefficient (Wildman–Crippen LogP) is 1.81. The van der Waals surface area contributed by atoms with Gasteiger partial charge in [0, 0.05) is 31.6 Å². The third kappa shape index (κ3) is 5.16. The van der Waals surface area contributed by atoms with Crippen LogP contribution in [0.4, 0.5) is 10.1 Å². The van der Waals surface area contributed by atoms with E-state index < -0.39 is 12.2 Å². The highest BCUT2D eigenvalue weighted by molar-refractivity contribution is 5.94. The largest absolute Gasteiger partial charge is 0.322 e. The first-order chi connectivity index (χ1) is 10.2. The summed E-state index contributed by atoms with van der Waals surface area (Å²) in [6, 6.07) is 3.34. The summed E-state index contributed by atoms with van der Waals surface area (Å²) in [6.45, 7) is 0.839. The molecule has 3 rings (SSSR count). The van der Waals surface area contributed by atoms with Gasteiger partial charge in [0.15, 0.2) is 0 Å². The SMILES string of the molecule is Cl.Cl.O=C(Nc1cnn(Cc2ccncc2)c1)[C@H]1C[C@H](F)CN1. The van der Waals surface area contributed by atoms with Gasteiger partial charge in [0.1, 0.15) is 6.17 Å². The van der Waals surface area contributed by atoms with Gasteiger partial charge in [-0.3, -0.25) is 14.5 Å². The van der Waals surface area contributed by atoms with Crippen LogP contribution >= 0.6 is 24.8 Å². The van der Waals surface area contributed by atoms with E-state index in [0.717, 1.165) is 5.56 Å². The molecule has 23 heavy (non-hydrogen) atoms. The first kappa shape index (κ1) is 19.3. The van der Waals surface area contributed by atoms with Crippen LogP contribution < -0.4 is 10.6 Å². The van der Waals surface area contributed by atoms with Crippen LogP contribution in [0.15, 0.2) is 36.9 Å². The van der Waals surface area contributed by atoms with Gasteiger partial charge in [-0.05, 0) is 17.7 Å². The Morgan fingerprint density at radius 2 is 2.13 bits per heavy atom. The summed E-state index contributed by atoms with van der Waals surface area (Å²) in [7, 11) is 0. The van der Waals surface area contributed by atoms with E-state index in [2.05, 4.69) is 20.7 Å². The minimum Gasteiger partial charge on any atom is -0.322 e. The Hall–Kier alpha value is -1.70. The number of carbonyl (C=O) groups excluding carboxylic acids is 1. The maximum atomic E-state index is 13.1. The molecule has 2 N–H and O–H groups in total. The summed E-state index contributed by atoms with van der Waals surface area (Å²) in [6.07, 6.45) is 6.05. The molecule has 6 nitrogen and oxygen atoms in total. The summed E-state index contributed by atoms with van der Waals surface area (Å²) in [5.74, 6) is -0.224. The van der Waals surface area contributed by atoms with Gasteiger partial charge in [-0.25, -0.2) is 4.39 Å². The summed E-state index contributed by atoms with van der Waals surface area (Å²) in [5.41, 5.74) is 1.68. The molecule has 1 fully saturated rings. The van der Waals surface area contributed by atoms with Crippen molar-refractivity contribution in [2.45, 2.75) is 25.2 Å². The lowest BCUT2D eigenvalue weighted by atomic mass is 10.2. The van der Waals surface area contributed by atoms with Crippen LogP contribution in [-0.2, 0) is 11.3 Å². The first-order valence-corrected chi connectivity index (χ1v) is 6.80. The van der Waals surface area contributed by atoms with Crippen molar-refractivity contribution in [3.8, 4) is 0 Å². The fourth-order valence-corrected chi connectivity index (χ4v) is 2.31. The molecule has 2 atom stereocenters. The molecular formula is C14H18Cl2FN5O. The zero-order valence-electron chi connectivity index (χ0n) is 12.2. The van der Waals surface area contributed by atoms with Crippen LogP contribution in [-0.4, -0.2) is 39.4 Å². The Balaban J connectivity index is 0.00000132. The van der Waals surface area contributed by atoms with Crippen molar-refractivity contribution < 1.29 is 9.18 Å². The van der Waals surface area contributed by atoms with Gasteiger partial charge >= 0.3 is 0 Å². The molecule has 0 bridgehead atoms. The lowest BCUT2D eigenvalue weighted by Gasteiger charge is -2.08. The van der Waals surface area contributed by atoms with Crippen molar-refractivity contribution in [1.29, 1.82) is 0 Å². The smallest absolute Gasteiger partial charge is 0.241 e. The van der Waals surface area contributed by atoms with Crippen LogP contribution in [0.5, 0.6) is 0 Å². The van der Waals surface area contributed by atoms with Crippen LogP contribution in [0.25, 0.3) is 0 Å². The molecule has 1 aliphatic heterocycles. The van der Waals surface area contributed by atoms with Gasteiger partial charge in [-0.2, -0.15) is 5.10 Å². The van der Waals surface area contributed by atoms with E-state index >= 15 is 0 Å². The predicted molar refractivity (Wildman–Crippen MR) is 90.0 cm³/mol. The fraction of sp³-hybridized carbons (Fsp3) is 0.357. The number of halogens is 3. The molecule has 0 aromatic carbocycles. The standard InChI is InChI=1S/C14H16FN5O.2ClH/c15-11-5-13(17-6-11)14(21)19-12-7-18-20(9-12)8-10-1-3-16-4-2-10;;/h1-4,7,9,11,13,17H,5-6,8H2,(H,19,21);2*1H/t11-,13+;;/m0../s1. The van der Waals surface area contributed by atoms with E-state index in [4.69, 9.17) is 0 Å². The summed E-state index contributed by atoms with van der Waals surface area (Å²) >= 11 is 0. The minimum atomic E-state index is -0.949. The molecule has 1 aliphatic rings. The Kier molecular flexibility index (Phi) is 7.41. The highest BCUT2D eigenvalue weighted by atomic mass is 35.5. The number of aromatic nitrogens is 3. The average molecular weight is 362 g/mol. The van der Waals surface area contributed by atoms with Gasteiger partial charge < -0.3 is 10.6 Å². The van der Waals surface area contributed by atoms with Gasteiger partial charge in [0.25, 0.3) is 0 Å². The first-order valence-electron chi connectivity index (χ1n) is 6.80. The average Bonchev–Trinajstić information content (AvgIpc) is 3.09. The summed E-state index contributed by atoms with van der Waals surface area (Å²) < 4.78 is 14.8. The minimum absolute atomic E-state index is 0. The molecule has 126 valence electrons. The number of nitrogens with one attached hydrogen (secondary N) is 2. The third-order valence-electron chi connectivity index (χ3n) is 3.39. The molecule has 9 heteroatoms. The molecule has 2 aromatic heterocycles. The van der Waals surface area contributed by atoms with E-state index in [-0.39, 0.29) is 43.7 Å². The maximum absolute atomic E-state index is 13.1. The molecule has 0 saturated carbocycles. The third-order valence-corrected chi connectivity index (χ3v) is 3.39. The molecule has 0 aliphatic carbocycles. The van der Waals surface area contributed by atoms with E-state index in [1.807, 2.05) is 12.1 Å². The summed E-state index contributed by atoms with van der Waals surface area (Å²) in [4.78, 5) is 15.9. The maximum Gasteiger partial charge on any atom is 0.241 e. The Morgan fingerprint density at radius 1 is 1.39 bits per heavy atom. The number of hydrogen-bond donors (Lipinski definition) is 2. The molecule has 1 amide bonds.